The van der Waals surface area contributed by atoms with Crippen LogP contribution >= 0.6 is 0 Å². The van der Waals surface area contributed by atoms with Crippen LogP contribution in [0.4, 0.5) is 0 Å². The van der Waals surface area contributed by atoms with E-state index in [2.05, 4.69) is 11.4 Å². The van der Waals surface area contributed by atoms with Crippen molar-refractivity contribution < 1.29 is 9.53 Å². The van der Waals surface area contributed by atoms with Gasteiger partial charge >= 0.3 is 5.97 Å². The quantitative estimate of drug-likeness (QED) is 0.546. The van der Waals surface area contributed by atoms with Gasteiger partial charge in [0.25, 0.3) is 0 Å². The zero-order valence-electron chi connectivity index (χ0n) is 8.64. The lowest BCUT2D eigenvalue weighted by molar-refractivity contribution is -0.142. The van der Waals surface area contributed by atoms with Crippen LogP contribution in [-0.4, -0.2) is 24.7 Å². The predicted molar refractivity (Wildman–Crippen MR) is 53.9 cm³/mol. The molecule has 78 valence electrons. The van der Waals surface area contributed by atoms with Gasteiger partial charge in [0.15, 0.2) is 0 Å². The molecule has 1 unspecified atom stereocenters. The van der Waals surface area contributed by atoms with E-state index in [4.69, 9.17) is 4.74 Å². The third-order valence-corrected chi connectivity index (χ3v) is 3.16. The summed E-state index contributed by atoms with van der Waals surface area (Å²) in [6.07, 6.45) is 6.80. The van der Waals surface area contributed by atoms with E-state index in [0.29, 0.717) is 6.61 Å². The molecule has 1 atom stereocenters. The fourth-order valence-corrected chi connectivity index (χ4v) is 1.78. The number of carbonyl (C=O) groups excluding carboxylic acids is 1. The number of cyclic esters (lactones) is 1. The zero-order valence-corrected chi connectivity index (χ0v) is 8.64. The molecule has 0 aromatic rings. The first-order chi connectivity index (χ1) is 6.71. The van der Waals surface area contributed by atoms with Crippen molar-refractivity contribution in [2.24, 2.45) is 0 Å². The molecular weight excluding hydrogens is 178 g/mol. The molecule has 3 heteroatoms. The lowest BCUT2D eigenvalue weighted by Gasteiger charge is -2.21. The Morgan fingerprint density at radius 2 is 2.36 bits per heavy atom. The highest BCUT2D eigenvalue weighted by Gasteiger charge is 2.39. The van der Waals surface area contributed by atoms with Crippen LogP contribution in [0, 0.1) is 0 Å². The molecule has 1 N–H and O–H groups in total. The van der Waals surface area contributed by atoms with Crippen molar-refractivity contribution in [3.63, 3.8) is 0 Å². The van der Waals surface area contributed by atoms with Gasteiger partial charge in [0.2, 0.25) is 0 Å². The Morgan fingerprint density at radius 1 is 1.57 bits per heavy atom. The summed E-state index contributed by atoms with van der Waals surface area (Å²) in [6, 6.07) is 0. The normalized spacial score (nSPS) is 31.2. The molecule has 0 spiro atoms. The minimum atomic E-state index is -0.444. The lowest BCUT2D eigenvalue weighted by Crippen LogP contribution is -2.46. The van der Waals surface area contributed by atoms with Crippen LogP contribution in [0.15, 0.2) is 11.6 Å². The van der Waals surface area contributed by atoms with Gasteiger partial charge in [-0.25, -0.2) is 0 Å². The summed E-state index contributed by atoms with van der Waals surface area (Å²) < 4.78 is 4.94. The standard InChI is InChI=1S/C11H17NO2/c1-11(6-8-14-10(11)13)12-7-5-9-3-2-4-9/h5,12H,2-4,6-8H2,1H3. The third-order valence-electron chi connectivity index (χ3n) is 3.16. The number of carbonyl (C=O) groups is 1. The van der Waals surface area contributed by atoms with E-state index < -0.39 is 5.54 Å². The van der Waals surface area contributed by atoms with Crippen LogP contribution in [0.5, 0.6) is 0 Å². The monoisotopic (exact) mass is 195 g/mol. The molecule has 1 saturated heterocycles. The second-order valence-electron chi connectivity index (χ2n) is 4.31. The van der Waals surface area contributed by atoms with E-state index in [9.17, 15) is 4.79 Å². The van der Waals surface area contributed by atoms with Crippen LogP contribution in [0.3, 0.4) is 0 Å². The second kappa shape index (κ2) is 3.73. The van der Waals surface area contributed by atoms with Gasteiger partial charge in [0, 0.05) is 13.0 Å². The fourth-order valence-electron chi connectivity index (χ4n) is 1.78. The fraction of sp³-hybridized carbons (Fsp3) is 0.727. The van der Waals surface area contributed by atoms with Gasteiger partial charge in [0.05, 0.1) is 6.61 Å². The van der Waals surface area contributed by atoms with Crippen molar-refractivity contribution in [2.75, 3.05) is 13.2 Å². The summed E-state index contributed by atoms with van der Waals surface area (Å²) in [5, 5.41) is 3.26. The van der Waals surface area contributed by atoms with E-state index in [1.165, 1.54) is 24.8 Å². The number of hydrogen-bond acceptors (Lipinski definition) is 3. The highest BCUT2D eigenvalue weighted by atomic mass is 16.5. The number of ether oxygens (including phenoxy) is 1. The average molecular weight is 195 g/mol. The minimum Gasteiger partial charge on any atom is -0.464 e. The molecule has 3 nitrogen and oxygen atoms in total. The van der Waals surface area contributed by atoms with Gasteiger partial charge in [-0.05, 0) is 26.2 Å². The van der Waals surface area contributed by atoms with E-state index in [1.54, 1.807) is 0 Å². The first-order valence-corrected chi connectivity index (χ1v) is 5.31. The van der Waals surface area contributed by atoms with E-state index in [0.717, 1.165) is 13.0 Å². The minimum absolute atomic E-state index is 0.107. The van der Waals surface area contributed by atoms with Crippen molar-refractivity contribution in [1.82, 2.24) is 5.32 Å². The second-order valence-corrected chi connectivity index (χ2v) is 4.31. The summed E-state index contributed by atoms with van der Waals surface area (Å²) >= 11 is 0. The maximum absolute atomic E-state index is 11.3. The van der Waals surface area contributed by atoms with Crippen LogP contribution in [0.1, 0.15) is 32.6 Å². The van der Waals surface area contributed by atoms with E-state index >= 15 is 0 Å². The summed E-state index contributed by atoms with van der Waals surface area (Å²) in [5.41, 5.74) is 1.08. The molecule has 1 heterocycles. The first-order valence-electron chi connectivity index (χ1n) is 5.31. The van der Waals surface area contributed by atoms with Gasteiger partial charge in [-0.2, -0.15) is 0 Å². The van der Waals surface area contributed by atoms with Crippen LogP contribution < -0.4 is 5.32 Å². The number of allylic oxidation sites excluding steroid dienone is 1. The van der Waals surface area contributed by atoms with Crippen LogP contribution in [-0.2, 0) is 9.53 Å². The van der Waals surface area contributed by atoms with Crippen molar-refractivity contribution >= 4 is 5.97 Å². The zero-order chi connectivity index (χ0) is 10.0. The van der Waals surface area contributed by atoms with Gasteiger partial charge in [-0.15, -0.1) is 0 Å². The largest absolute Gasteiger partial charge is 0.464 e. The van der Waals surface area contributed by atoms with Gasteiger partial charge < -0.3 is 4.74 Å². The molecule has 14 heavy (non-hydrogen) atoms. The molecule has 0 aromatic heterocycles. The highest BCUT2D eigenvalue weighted by Crippen LogP contribution is 2.25. The molecule has 1 aliphatic heterocycles. The predicted octanol–water partition coefficient (Wildman–Crippen LogP) is 1.39. The molecule has 0 radical (unpaired) electrons. The maximum Gasteiger partial charge on any atom is 0.326 e. The van der Waals surface area contributed by atoms with Gasteiger partial charge in [0.1, 0.15) is 5.54 Å². The van der Waals surface area contributed by atoms with Crippen LogP contribution in [0.2, 0.25) is 0 Å². The number of rotatable bonds is 3. The van der Waals surface area contributed by atoms with Crippen molar-refractivity contribution in [3.8, 4) is 0 Å². The number of nitrogens with one attached hydrogen (secondary N) is 1. The Labute approximate surface area is 84.5 Å². The molecule has 1 aliphatic carbocycles. The molecule has 2 aliphatic rings. The summed E-state index contributed by atoms with van der Waals surface area (Å²) in [7, 11) is 0. The van der Waals surface area contributed by atoms with Crippen molar-refractivity contribution in [1.29, 1.82) is 0 Å². The Morgan fingerprint density at radius 3 is 2.86 bits per heavy atom. The molecule has 2 rings (SSSR count). The smallest absolute Gasteiger partial charge is 0.326 e. The molecule has 2 fully saturated rings. The topological polar surface area (TPSA) is 38.3 Å². The van der Waals surface area contributed by atoms with Gasteiger partial charge in [-0.3, -0.25) is 10.1 Å². The number of hydrogen-bond donors (Lipinski definition) is 1. The van der Waals surface area contributed by atoms with Crippen LogP contribution in [0.25, 0.3) is 0 Å². The van der Waals surface area contributed by atoms with E-state index in [1.807, 2.05) is 6.92 Å². The van der Waals surface area contributed by atoms with E-state index in [-0.39, 0.29) is 5.97 Å². The first kappa shape index (κ1) is 9.71. The maximum atomic E-state index is 11.3. The molecule has 0 aromatic carbocycles. The molecule has 0 amide bonds. The SMILES string of the molecule is CC1(NCC=C2CCC2)CCOC1=O. The Hall–Kier alpha value is -0.830. The molecular formula is C11H17NO2. The summed E-state index contributed by atoms with van der Waals surface area (Å²) in [6.45, 7) is 3.27. The summed E-state index contributed by atoms with van der Waals surface area (Å²) in [5.74, 6) is -0.107. The van der Waals surface area contributed by atoms with Crippen molar-refractivity contribution in [2.45, 2.75) is 38.1 Å². The highest BCUT2D eigenvalue weighted by molar-refractivity contribution is 5.82. The Balaban J connectivity index is 1.81. The third kappa shape index (κ3) is 1.82. The van der Waals surface area contributed by atoms with Crippen molar-refractivity contribution in [3.05, 3.63) is 11.6 Å². The Bertz CT molecular complexity index is 266. The number of esters is 1. The Kier molecular flexibility index (Phi) is 2.59. The molecule has 1 saturated carbocycles. The molecule has 0 bridgehead atoms. The summed E-state index contributed by atoms with van der Waals surface area (Å²) in [4.78, 5) is 11.3. The average Bonchev–Trinajstić information content (AvgIpc) is 2.39. The lowest BCUT2D eigenvalue weighted by atomic mass is 9.92. The van der Waals surface area contributed by atoms with Gasteiger partial charge in [-0.1, -0.05) is 11.6 Å².